The number of fused-ring (bicyclic) bond motifs is 6. The van der Waals surface area contributed by atoms with Crippen molar-refractivity contribution in [2.45, 2.75) is 19.3 Å². The van der Waals surface area contributed by atoms with Crippen LogP contribution in [0.2, 0.25) is 0 Å². The normalized spacial score (nSPS) is 12.8. The van der Waals surface area contributed by atoms with Crippen molar-refractivity contribution < 1.29 is 4.42 Å². The lowest BCUT2D eigenvalue weighted by molar-refractivity contribution is 0.660. The molecule has 0 N–H and O–H groups in total. The van der Waals surface area contributed by atoms with E-state index in [4.69, 9.17) is 19.4 Å². The van der Waals surface area contributed by atoms with Crippen LogP contribution < -0.4 is 0 Å². The Balaban J connectivity index is 1.13. The van der Waals surface area contributed by atoms with E-state index in [0.29, 0.717) is 23.0 Å². The Hall–Kier alpha value is -7.16. The Bertz CT molecular complexity index is 2900. The first-order valence-electron chi connectivity index (χ1n) is 18.1. The molecule has 0 saturated heterocycles. The van der Waals surface area contributed by atoms with Crippen molar-refractivity contribution in [1.82, 2.24) is 15.0 Å². The quantitative estimate of drug-likeness (QED) is 0.179. The first-order valence-corrected chi connectivity index (χ1v) is 18.1. The van der Waals surface area contributed by atoms with Gasteiger partial charge in [0, 0.05) is 38.4 Å². The third kappa shape index (κ3) is 5.03. The van der Waals surface area contributed by atoms with Gasteiger partial charge in [-0.05, 0) is 69.3 Å². The van der Waals surface area contributed by atoms with Gasteiger partial charge in [-0.3, -0.25) is 0 Å². The van der Waals surface area contributed by atoms with Crippen LogP contribution >= 0.6 is 0 Å². The second-order valence-electron chi connectivity index (χ2n) is 14.3. The molecule has 1 aliphatic rings. The summed E-state index contributed by atoms with van der Waals surface area (Å²) in [4.78, 5) is 14.8. The van der Waals surface area contributed by atoms with Crippen molar-refractivity contribution in [2.75, 3.05) is 0 Å². The van der Waals surface area contributed by atoms with Gasteiger partial charge in [0.2, 0.25) is 0 Å². The maximum atomic E-state index is 9.68. The SMILES string of the molecule is CC1(C)c2cc(C#N)ccc2-c2ccc(-c3c(-c4ccc(-c5nc(-c6ccccc6)nc(-c6ccccc6)n5)cc4)ccc4c3oc3ccccc34)cc21. The lowest BCUT2D eigenvalue weighted by Crippen LogP contribution is -2.15. The van der Waals surface area contributed by atoms with E-state index in [2.05, 4.69) is 92.7 Å². The lowest BCUT2D eigenvalue weighted by atomic mass is 9.80. The zero-order valence-electron chi connectivity index (χ0n) is 29.7. The molecule has 0 saturated carbocycles. The molecule has 0 radical (unpaired) electrons. The predicted octanol–water partition coefficient (Wildman–Crippen LogP) is 12.3. The molecular weight excluding hydrogens is 661 g/mol. The van der Waals surface area contributed by atoms with Gasteiger partial charge in [0.1, 0.15) is 11.2 Å². The van der Waals surface area contributed by atoms with Crippen molar-refractivity contribution in [3.05, 3.63) is 174 Å². The second-order valence-corrected chi connectivity index (χ2v) is 14.3. The largest absolute Gasteiger partial charge is 0.455 e. The van der Waals surface area contributed by atoms with E-state index in [1.165, 1.54) is 22.3 Å². The Morgan fingerprint density at radius 3 is 1.65 bits per heavy atom. The number of para-hydroxylation sites is 1. The molecule has 1 aliphatic carbocycles. The Labute approximate surface area is 312 Å². The van der Waals surface area contributed by atoms with Crippen LogP contribution in [0.15, 0.2) is 162 Å². The molecule has 0 bridgehead atoms. The molecule has 0 amide bonds. The Morgan fingerprint density at radius 2 is 1.00 bits per heavy atom. The number of hydrogen-bond acceptors (Lipinski definition) is 5. The van der Waals surface area contributed by atoms with Gasteiger partial charge < -0.3 is 4.42 Å². The number of furan rings is 1. The van der Waals surface area contributed by atoms with Crippen molar-refractivity contribution in [1.29, 1.82) is 5.26 Å². The summed E-state index contributed by atoms with van der Waals surface area (Å²) in [6.45, 7) is 4.50. The summed E-state index contributed by atoms with van der Waals surface area (Å²) in [6, 6.07) is 56.3. The lowest BCUT2D eigenvalue weighted by Gasteiger charge is -2.22. The summed E-state index contributed by atoms with van der Waals surface area (Å²) in [7, 11) is 0. The third-order valence-electron chi connectivity index (χ3n) is 10.8. The van der Waals surface area contributed by atoms with Gasteiger partial charge in [-0.2, -0.15) is 5.26 Å². The highest BCUT2D eigenvalue weighted by Crippen LogP contribution is 2.51. The molecule has 0 spiro atoms. The molecule has 0 unspecified atom stereocenters. The van der Waals surface area contributed by atoms with Gasteiger partial charge in [0.15, 0.2) is 17.5 Å². The number of hydrogen-bond donors (Lipinski definition) is 0. The zero-order chi connectivity index (χ0) is 36.4. The highest BCUT2D eigenvalue weighted by molar-refractivity contribution is 6.13. The topological polar surface area (TPSA) is 75.6 Å². The molecule has 10 rings (SSSR count). The average Bonchev–Trinajstić information content (AvgIpc) is 3.72. The van der Waals surface area contributed by atoms with Crippen LogP contribution in [0, 0.1) is 11.3 Å². The molecule has 0 fully saturated rings. The van der Waals surface area contributed by atoms with Crippen molar-refractivity contribution >= 4 is 21.9 Å². The van der Waals surface area contributed by atoms with Gasteiger partial charge in [-0.25, -0.2) is 15.0 Å². The molecule has 0 aliphatic heterocycles. The molecule has 7 aromatic carbocycles. The van der Waals surface area contributed by atoms with Gasteiger partial charge in [0.05, 0.1) is 11.6 Å². The van der Waals surface area contributed by atoms with Gasteiger partial charge >= 0.3 is 0 Å². The maximum absolute atomic E-state index is 9.68. The average molecular weight is 693 g/mol. The highest BCUT2D eigenvalue weighted by atomic mass is 16.3. The molecule has 254 valence electrons. The number of aromatic nitrogens is 3. The Morgan fingerprint density at radius 1 is 0.481 bits per heavy atom. The maximum Gasteiger partial charge on any atom is 0.164 e. The molecule has 2 heterocycles. The predicted molar refractivity (Wildman–Crippen MR) is 217 cm³/mol. The summed E-state index contributed by atoms with van der Waals surface area (Å²) in [5.41, 5.74) is 13.9. The third-order valence-corrected chi connectivity index (χ3v) is 10.8. The number of nitrogens with zero attached hydrogens (tertiary/aromatic N) is 4. The van der Waals surface area contributed by atoms with E-state index in [1.54, 1.807) is 0 Å². The molecule has 9 aromatic rings. The first kappa shape index (κ1) is 31.6. The van der Waals surface area contributed by atoms with E-state index in [0.717, 1.165) is 60.9 Å². The van der Waals surface area contributed by atoms with Crippen molar-refractivity contribution in [2.24, 2.45) is 0 Å². The van der Waals surface area contributed by atoms with Gasteiger partial charge in [0.25, 0.3) is 0 Å². The summed E-state index contributed by atoms with van der Waals surface area (Å²) in [5, 5.41) is 11.8. The molecule has 5 heteroatoms. The zero-order valence-corrected chi connectivity index (χ0v) is 29.7. The van der Waals surface area contributed by atoms with Crippen LogP contribution in [0.25, 0.3) is 89.5 Å². The fourth-order valence-electron chi connectivity index (χ4n) is 8.02. The first-order chi connectivity index (χ1) is 26.5. The van der Waals surface area contributed by atoms with E-state index < -0.39 is 0 Å². The minimum atomic E-state index is -0.279. The number of nitriles is 1. The summed E-state index contributed by atoms with van der Waals surface area (Å²) in [5.74, 6) is 1.88. The minimum Gasteiger partial charge on any atom is -0.455 e. The molecule has 54 heavy (non-hydrogen) atoms. The van der Waals surface area contributed by atoms with Crippen LogP contribution in [0.4, 0.5) is 0 Å². The summed E-state index contributed by atoms with van der Waals surface area (Å²) in [6.07, 6.45) is 0. The number of rotatable bonds is 5. The van der Waals surface area contributed by atoms with Crippen molar-refractivity contribution in [3.63, 3.8) is 0 Å². The van der Waals surface area contributed by atoms with E-state index >= 15 is 0 Å². The standard InChI is InChI=1S/C49H32N4O/c1-49(2)41-27-30(29-50)17-23-37(41)38-24-22-35(28-42(38)49)44-36(25-26-40-39-15-9-10-16-43(39)54-45(40)44)31-18-20-34(21-19-31)48-52-46(32-11-5-3-6-12-32)51-47(53-48)33-13-7-4-8-14-33/h3-28H,1-2H3. The van der Waals surface area contributed by atoms with E-state index in [9.17, 15) is 5.26 Å². The van der Waals surface area contributed by atoms with Crippen molar-refractivity contribution in [3.8, 4) is 73.6 Å². The van der Waals surface area contributed by atoms with E-state index in [1.807, 2.05) is 84.9 Å². The molecular formula is C49H32N4O. The monoisotopic (exact) mass is 692 g/mol. The van der Waals surface area contributed by atoms with Crippen LogP contribution in [-0.4, -0.2) is 15.0 Å². The summed E-state index contributed by atoms with van der Waals surface area (Å²) >= 11 is 0. The number of benzene rings is 7. The smallest absolute Gasteiger partial charge is 0.164 e. The fourth-order valence-corrected chi connectivity index (χ4v) is 8.02. The van der Waals surface area contributed by atoms with Crippen LogP contribution in [-0.2, 0) is 5.41 Å². The summed E-state index contributed by atoms with van der Waals surface area (Å²) < 4.78 is 6.70. The Kier molecular flexibility index (Phi) is 7.14. The second kappa shape index (κ2) is 12.2. The molecule has 2 aromatic heterocycles. The molecule has 5 nitrogen and oxygen atoms in total. The van der Waals surface area contributed by atoms with Gasteiger partial charge in [-0.1, -0.05) is 141 Å². The highest BCUT2D eigenvalue weighted by Gasteiger charge is 2.36. The minimum absolute atomic E-state index is 0.279. The molecule has 0 atom stereocenters. The fraction of sp³-hybridized carbons (Fsp3) is 0.0612. The van der Waals surface area contributed by atoms with Crippen LogP contribution in [0.3, 0.4) is 0 Å². The van der Waals surface area contributed by atoms with Crippen LogP contribution in [0.5, 0.6) is 0 Å². The van der Waals surface area contributed by atoms with Crippen LogP contribution in [0.1, 0.15) is 30.5 Å². The van der Waals surface area contributed by atoms with E-state index in [-0.39, 0.29) is 5.41 Å². The van der Waals surface area contributed by atoms with Gasteiger partial charge in [-0.15, -0.1) is 0 Å².